The Morgan fingerprint density at radius 3 is 2.50 bits per heavy atom. The molecular formula is C10H14O2. The van der Waals surface area contributed by atoms with E-state index in [4.69, 9.17) is 9.78 Å². The minimum Gasteiger partial charge on any atom is -0.236 e. The molecule has 0 amide bonds. The second kappa shape index (κ2) is 4.91. The van der Waals surface area contributed by atoms with Crippen molar-refractivity contribution in [3.63, 3.8) is 0 Å². The minimum atomic E-state index is 0.00569. The normalized spacial score (nSPS) is 12.8. The quantitative estimate of drug-likeness (QED) is 0.505. The topological polar surface area (TPSA) is 18.5 Å². The highest BCUT2D eigenvalue weighted by molar-refractivity contribution is 5.16. The number of hydrogen-bond acceptors (Lipinski definition) is 2. The Morgan fingerprint density at radius 2 is 1.92 bits per heavy atom. The van der Waals surface area contributed by atoms with Gasteiger partial charge in [0.2, 0.25) is 0 Å². The molecule has 0 saturated heterocycles. The van der Waals surface area contributed by atoms with Crippen LogP contribution in [0.2, 0.25) is 0 Å². The summed E-state index contributed by atoms with van der Waals surface area (Å²) in [6.45, 7) is 4.44. The summed E-state index contributed by atoms with van der Waals surface area (Å²) in [7, 11) is 0. The summed E-state index contributed by atoms with van der Waals surface area (Å²) in [6.07, 6.45) is 0.00569. The number of benzene rings is 1. The van der Waals surface area contributed by atoms with E-state index in [0.717, 1.165) is 5.56 Å². The summed E-state index contributed by atoms with van der Waals surface area (Å²) in [5.41, 5.74) is 1.13. The lowest BCUT2D eigenvalue weighted by molar-refractivity contribution is -0.320. The molecule has 0 radical (unpaired) electrons. The first kappa shape index (κ1) is 9.23. The van der Waals surface area contributed by atoms with Crippen molar-refractivity contribution in [3.05, 3.63) is 35.9 Å². The van der Waals surface area contributed by atoms with E-state index in [1.807, 2.05) is 44.2 Å². The van der Waals surface area contributed by atoms with Gasteiger partial charge in [0, 0.05) is 0 Å². The molecule has 2 heteroatoms. The highest BCUT2D eigenvalue weighted by Crippen LogP contribution is 2.15. The van der Waals surface area contributed by atoms with Gasteiger partial charge in [-0.15, -0.1) is 0 Å². The lowest BCUT2D eigenvalue weighted by Crippen LogP contribution is -2.00. The van der Waals surface area contributed by atoms with Gasteiger partial charge in [-0.25, -0.2) is 9.78 Å². The van der Waals surface area contributed by atoms with Gasteiger partial charge in [0.05, 0.1) is 6.61 Å². The maximum Gasteiger partial charge on any atom is 0.115 e. The Bertz CT molecular complexity index is 208. The van der Waals surface area contributed by atoms with Crippen LogP contribution in [0.1, 0.15) is 25.5 Å². The fourth-order valence-electron chi connectivity index (χ4n) is 0.950. The summed E-state index contributed by atoms with van der Waals surface area (Å²) in [5.74, 6) is 0. The van der Waals surface area contributed by atoms with Crippen LogP contribution in [0.15, 0.2) is 30.3 Å². The maximum atomic E-state index is 5.08. The Morgan fingerprint density at radius 1 is 1.25 bits per heavy atom. The molecule has 1 rings (SSSR count). The predicted octanol–water partition coefficient (Wildman–Crippen LogP) is 2.72. The average molecular weight is 166 g/mol. The molecule has 66 valence electrons. The van der Waals surface area contributed by atoms with Crippen LogP contribution in [0.5, 0.6) is 0 Å². The van der Waals surface area contributed by atoms with E-state index in [-0.39, 0.29) is 6.10 Å². The molecule has 0 aliphatic heterocycles. The highest BCUT2D eigenvalue weighted by atomic mass is 17.2. The molecule has 12 heavy (non-hydrogen) atoms. The summed E-state index contributed by atoms with van der Waals surface area (Å²) in [5, 5.41) is 0. The molecule has 0 N–H and O–H groups in total. The van der Waals surface area contributed by atoms with Crippen molar-refractivity contribution in [1.29, 1.82) is 0 Å². The molecule has 0 fully saturated rings. The van der Waals surface area contributed by atoms with Crippen LogP contribution in [0.3, 0.4) is 0 Å². The summed E-state index contributed by atoms with van der Waals surface area (Å²) in [4.78, 5) is 9.93. The summed E-state index contributed by atoms with van der Waals surface area (Å²) < 4.78 is 0. The predicted molar refractivity (Wildman–Crippen MR) is 47.6 cm³/mol. The molecule has 0 aromatic heterocycles. The van der Waals surface area contributed by atoms with Gasteiger partial charge >= 0.3 is 0 Å². The molecular weight excluding hydrogens is 152 g/mol. The molecule has 0 aliphatic carbocycles. The highest BCUT2D eigenvalue weighted by Gasteiger charge is 2.04. The standard InChI is InChI=1S/C10H14O2/c1-3-11-12-9(2)10-7-5-4-6-8-10/h4-9H,3H2,1-2H3/t9-/m1/s1. The van der Waals surface area contributed by atoms with Crippen LogP contribution in [-0.4, -0.2) is 6.61 Å². The van der Waals surface area contributed by atoms with E-state index in [1.54, 1.807) is 0 Å². The van der Waals surface area contributed by atoms with Gasteiger partial charge < -0.3 is 0 Å². The first-order chi connectivity index (χ1) is 5.84. The molecule has 0 saturated carbocycles. The summed E-state index contributed by atoms with van der Waals surface area (Å²) >= 11 is 0. The van der Waals surface area contributed by atoms with Gasteiger partial charge in [-0.1, -0.05) is 30.3 Å². The Labute approximate surface area is 73.0 Å². The van der Waals surface area contributed by atoms with Crippen molar-refractivity contribution >= 4 is 0 Å². The third-order valence-corrected chi connectivity index (χ3v) is 1.60. The van der Waals surface area contributed by atoms with Crippen LogP contribution in [0, 0.1) is 0 Å². The van der Waals surface area contributed by atoms with Crippen LogP contribution in [-0.2, 0) is 9.78 Å². The molecule has 2 nitrogen and oxygen atoms in total. The van der Waals surface area contributed by atoms with Gasteiger partial charge in [0.25, 0.3) is 0 Å². The zero-order chi connectivity index (χ0) is 8.81. The van der Waals surface area contributed by atoms with Crippen molar-refractivity contribution in [1.82, 2.24) is 0 Å². The molecule has 1 aromatic rings. The van der Waals surface area contributed by atoms with Crippen molar-refractivity contribution < 1.29 is 9.78 Å². The zero-order valence-corrected chi connectivity index (χ0v) is 7.49. The largest absolute Gasteiger partial charge is 0.236 e. The van der Waals surface area contributed by atoms with Crippen LogP contribution >= 0.6 is 0 Å². The Kier molecular flexibility index (Phi) is 3.77. The lowest BCUT2D eigenvalue weighted by Gasteiger charge is -2.10. The van der Waals surface area contributed by atoms with E-state index in [2.05, 4.69) is 0 Å². The van der Waals surface area contributed by atoms with Crippen LogP contribution in [0.25, 0.3) is 0 Å². The third-order valence-electron chi connectivity index (χ3n) is 1.60. The van der Waals surface area contributed by atoms with Crippen molar-refractivity contribution in [3.8, 4) is 0 Å². The van der Waals surface area contributed by atoms with E-state index >= 15 is 0 Å². The van der Waals surface area contributed by atoms with Crippen molar-refractivity contribution in [2.24, 2.45) is 0 Å². The molecule has 0 spiro atoms. The number of rotatable bonds is 4. The molecule has 0 aliphatic rings. The third kappa shape index (κ3) is 2.64. The van der Waals surface area contributed by atoms with E-state index in [1.165, 1.54) is 0 Å². The minimum absolute atomic E-state index is 0.00569. The second-order valence-electron chi connectivity index (χ2n) is 2.56. The first-order valence-electron chi connectivity index (χ1n) is 4.17. The fourth-order valence-corrected chi connectivity index (χ4v) is 0.950. The van der Waals surface area contributed by atoms with Gasteiger partial charge in [0.1, 0.15) is 6.10 Å². The van der Waals surface area contributed by atoms with E-state index in [0.29, 0.717) is 6.61 Å². The molecule has 1 atom stereocenters. The molecule has 0 heterocycles. The van der Waals surface area contributed by atoms with Crippen molar-refractivity contribution in [2.75, 3.05) is 6.61 Å². The van der Waals surface area contributed by atoms with Gasteiger partial charge in [-0.3, -0.25) is 0 Å². The second-order valence-corrected chi connectivity index (χ2v) is 2.56. The van der Waals surface area contributed by atoms with Gasteiger partial charge in [-0.2, -0.15) is 0 Å². The van der Waals surface area contributed by atoms with Crippen molar-refractivity contribution in [2.45, 2.75) is 20.0 Å². The SMILES string of the molecule is CCOO[C@H](C)c1ccccc1. The van der Waals surface area contributed by atoms with Crippen LogP contribution < -0.4 is 0 Å². The molecule has 1 aromatic carbocycles. The van der Waals surface area contributed by atoms with Gasteiger partial charge in [0.15, 0.2) is 0 Å². The van der Waals surface area contributed by atoms with E-state index in [9.17, 15) is 0 Å². The Balaban J connectivity index is 2.48. The zero-order valence-electron chi connectivity index (χ0n) is 7.49. The lowest BCUT2D eigenvalue weighted by atomic mass is 10.1. The van der Waals surface area contributed by atoms with Crippen LogP contribution in [0.4, 0.5) is 0 Å². The maximum absolute atomic E-state index is 5.08. The number of hydrogen-bond donors (Lipinski definition) is 0. The fraction of sp³-hybridized carbons (Fsp3) is 0.400. The van der Waals surface area contributed by atoms with Gasteiger partial charge in [-0.05, 0) is 19.4 Å². The summed E-state index contributed by atoms with van der Waals surface area (Å²) in [6, 6.07) is 9.99. The average Bonchev–Trinajstić information content (AvgIpc) is 2.15. The molecule has 0 unspecified atom stereocenters. The monoisotopic (exact) mass is 166 g/mol. The molecule has 0 bridgehead atoms. The smallest absolute Gasteiger partial charge is 0.115 e. The first-order valence-corrected chi connectivity index (χ1v) is 4.17. The van der Waals surface area contributed by atoms with E-state index < -0.39 is 0 Å². The Hall–Kier alpha value is -0.860.